The molecule has 0 spiro atoms. The summed E-state index contributed by atoms with van der Waals surface area (Å²) in [4.78, 5) is 17.2. The quantitative estimate of drug-likeness (QED) is 0.795. The molecule has 0 aliphatic carbocycles. The lowest BCUT2D eigenvalue weighted by Gasteiger charge is -2.37. The third kappa shape index (κ3) is 4.71. The van der Waals surface area contributed by atoms with Crippen LogP contribution in [0.15, 0.2) is 29.2 Å². The van der Waals surface area contributed by atoms with Crippen LogP contribution in [-0.2, 0) is 4.79 Å². The van der Waals surface area contributed by atoms with E-state index in [9.17, 15) is 9.18 Å². The third-order valence-corrected chi connectivity index (χ3v) is 4.83. The van der Waals surface area contributed by atoms with Gasteiger partial charge in [-0.2, -0.15) is 0 Å². The van der Waals surface area contributed by atoms with Crippen molar-refractivity contribution in [2.45, 2.75) is 25.7 Å². The van der Waals surface area contributed by atoms with Crippen LogP contribution in [0, 0.1) is 11.2 Å². The van der Waals surface area contributed by atoms with Gasteiger partial charge in [0.15, 0.2) is 0 Å². The van der Waals surface area contributed by atoms with Crippen molar-refractivity contribution in [3.05, 3.63) is 30.1 Å². The largest absolute Gasteiger partial charge is 0.340 e. The maximum absolute atomic E-state index is 13.5. The van der Waals surface area contributed by atoms with Crippen molar-refractivity contribution in [3.8, 4) is 0 Å². The third-order valence-electron chi connectivity index (χ3n) is 3.80. The summed E-state index contributed by atoms with van der Waals surface area (Å²) in [5.41, 5.74) is -0.303. The average Bonchev–Trinajstić information content (AvgIpc) is 2.48. The lowest BCUT2D eigenvalue weighted by molar-refractivity contribution is -0.141. The predicted molar refractivity (Wildman–Crippen MR) is 89.6 cm³/mol. The first-order valence-electron chi connectivity index (χ1n) is 7.77. The summed E-state index contributed by atoms with van der Waals surface area (Å²) in [7, 11) is 0. The van der Waals surface area contributed by atoms with Crippen LogP contribution >= 0.6 is 11.8 Å². The van der Waals surface area contributed by atoms with Gasteiger partial charge < -0.3 is 4.90 Å². The fourth-order valence-corrected chi connectivity index (χ4v) is 3.45. The van der Waals surface area contributed by atoms with E-state index in [1.54, 1.807) is 17.8 Å². The van der Waals surface area contributed by atoms with Gasteiger partial charge in [-0.05, 0) is 12.1 Å². The smallest absolute Gasteiger partial charge is 0.228 e. The number of hydrogen-bond acceptors (Lipinski definition) is 3. The lowest BCUT2D eigenvalue weighted by Crippen LogP contribution is -2.51. The molecule has 0 radical (unpaired) electrons. The molecule has 0 N–H and O–H groups in total. The minimum Gasteiger partial charge on any atom is -0.340 e. The molecular formula is C17H25FN2OS. The predicted octanol–water partition coefficient (Wildman–Crippen LogP) is 3.11. The van der Waals surface area contributed by atoms with Crippen LogP contribution in [0.2, 0.25) is 0 Å². The van der Waals surface area contributed by atoms with Gasteiger partial charge in [-0.1, -0.05) is 32.9 Å². The number of benzene rings is 1. The fraction of sp³-hybridized carbons (Fsp3) is 0.588. The van der Waals surface area contributed by atoms with Gasteiger partial charge in [-0.15, -0.1) is 11.8 Å². The monoisotopic (exact) mass is 324 g/mol. The van der Waals surface area contributed by atoms with E-state index in [0.717, 1.165) is 38.5 Å². The fourth-order valence-electron chi connectivity index (χ4n) is 2.50. The molecule has 1 aromatic rings. The Kier molecular flexibility index (Phi) is 5.87. The molecule has 1 aromatic carbocycles. The molecule has 0 saturated carbocycles. The molecule has 3 nitrogen and oxygen atoms in total. The van der Waals surface area contributed by atoms with Gasteiger partial charge in [0.05, 0.1) is 0 Å². The molecule has 1 aliphatic heterocycles. The Hall–Kier alpha value is -1.07. The van der Waals surface area contributed by atoms with Crippen LogP contribution in [-0.4, -0.2) is 54.2 Å². The highest BCUT2D eigenvalue weighted by Gasteiger charge is 2.29. The normalized spacial score (nSPS) is 16.8. The van der Waals surface area contributed by atoms with E-state index in [1.807, 2.05) is 37.8 Å². The van der Waals surface area contributed by atoms with Crippen LogP contribution in [0.25, 0.3) is 0 Å². The SMILES string of the molecule is CC(C)(C)C(=O)N1CCN(CCSc2ccccc2F)CC1. The van der Waals surface area contributed by atoms with Gasteiger partial charge in [0, 0.05) is 48.8 Å². The second-order valence-electron chi connectivity index (χ2n) is 6.66. The Morgan fingerprint density at radius 2 is 1.82 bits per heavy atom. The van der Waals surface area contributed by atoms with Crippen molar-refractivity contribution in [1.82, 2.24) is 9.80 Å². The molecule has 1 heterocycles. The zero-order chi connectivity index (χ0) is 16.2. The molecule has 22 heavy (non-hydrogen) atoms. The van der Waals surface area contributed by atoms with Crippen LogP contribution in [0.1, 0.15) is 20.8 Å². The summed E-state index contributed by atoms with van der Waals surface area (Å²) in [6.45, 7) is 10.2. The minimum absolute atomic E-state index is 0.145. The molecule has 0 bridgehead atoms. The molecular weight excluding hydrogens is 299 g/mol. The van der Waals surface area contributed by atoms with Gasteiger partial charge in [0.2, 0.25) is 5.91 Å². The molecule has 0 unspecified atom stereocenters. The molecule has 0 aromatic heterocycles. The van der Waals surface area contributed by atoms with Crippen molar-refractivity contribution in [3.63, 3.8) is 0 Å². The van der Waals surface area contributed by atoms with Crippen LogP contribution in [0.5, 0.6) is 0 Å². The first kappa shape index (κ1) is 17.3. The number of carbonyl (C=O) groups excluding carboxylic acids is 1. The van der Waals surface area contributed by atoms with Gasteiger partial charge in [0.25, 0.3) is 0 Å². The Morgan fingerprint density at radius 1 is 1.18 bits per heavy atom. The van der Waals surface area contributed by atoms with Gasteiger partial charge in [0.1, 0.15) is 5.82 Å². The molecule has 122 valence electrons. The van der Waals surface area contributed by atoms with Gasteiger partial charge >= 0.3 is 0 Å². The van der Waals surface area contributed by atoms with Crippen molar-refractivity contribution in [2.75, 3.05) is 38.5 Å². The van der Waals surface area contributed by atoms with E-state index >= 15 is 0 Å². The molecule has 0 atom stereocenters. The minimum atomic E-state index is -0.303. The van der Waals surface area contributed by atoms with E-state index in [4.69, 9.17) is 0 Å². The summed E-state index contributed by atoms with van der Waals surface area (Å²) >= 11 is 1.55. The zero-order valence-electron chi connectivity index (χ0n) is 13.6. The molecule has 2 rings (SSSR count). The summed E-state index contributed by atoms with van der Waals surface area (Å²) in [5, 5.41) is 0. The standard InChI is InChI=1S/C17H25FN2OS/c1-17(2,3)16(21)20-10-8-19(9-11-20)12-13-22-15-7-5-4-6-14(15)18/h4-7H,8-13H2,1-3H3. The van der Waals surface area contributed by atoms with E-state index in [1.165, 1.54) is 6.07 Å². The number of carbonyl (C=O) groups is 1. The van der Waals surface area contributed by atoms with Crippen molar-refractivity contribution in [1.29, 1.82) is 0 Å². The maximum Gasteiger partial charge on any atom is 0.228 e. The molecule has 1 amide bonds. The highest BCUT2D eigenvalue weighted by atomic mass is 32.2. The highest BCUT2D eigenvalue weighted by molar-refractivity contribution is 7.99. The maximum atomic E-state index is 13.5. The Morgan fingerprint density at radius 3 is 2.41 bits per heavy atom. The number of piperazine rings is 1. The van der Waals surface area contributed by atoms with Crippen molar-refractivity contribution in [2.24, 2.45) is 5.41 Å². The van der Waals surface area contributed by atoms with Crippen LogP contribution in [0.3, 0.4) is 0 Å². The first-order chi connectivity index (χ1) is 10.4. The molecule has 1 aliphatic rings. The summed E-state index contributed by atoms with van der Waals surface area (Å²) in [6.07, 6.45) is 0. The van der Waals surface area contributed by atoms with Crippen molar-refractivity contribution < 1.29 is 9.18 Å². The molecule has 1 fully saturated rings. The number of rotatable bonds is 4. The van der Waals surface area contributed by atoms with Crippen molar-refractivity contribution >= 4 is 17.7 Å². The summed E-state index contributed by atoms with van der Waals surface area (Å²) in [5.74, 6) is 0.953. The number of halogens is 1. The Labute approximate surface area is 136 Å². The zero-order valence-corrected chi connectivity index (χ0v) is 14.5. The number of nitrogens with zero attached hydrogens (tertiary/aromatic N) is 2. The molecule has 1 saturated heterocycles. The van der Waals surface area contributed by atoms with Crippen LogP contribution in [0.4, 0.5) is 4.39 Å². The average molecular weight is 324 g/mol. The number of hydrogen-bond donors (Lipinski definition) is 0. The first-order valence-corrected chi connectivity index (χ1v) is 8.75. The van der Waals surface area contributed by atoms with E-state index < -0.39 is 0 Å². The van der Waals surface area contributed by atoms with Crippen LogP contribution < -0.4 is 0 Å². The van der Waals surface area contributed by atoms with Gasteiger partial charge in [-0.25, -0.2) is 4.39 Å². The van der Waals surface area contributed by atoms with Gasteiger partial charge in [-0.3, -0.25) is 9.69 Å². The topological polar surface area (TPSA) is 23.6 Å². The lowest BCUT2D eigenvalue weighted by atomic mass is 9.94. The Bertz CT molecular complexity index is 508. The van der Waals surface area contributed by atoms with E-state index in [-0.39, 0.29) is 17.1 Å². The second kappa shape index (κ2) is 7.47. The second-order valence-corrected chi connectivity index (χ2v) is 7.80. The highest BCUT2D eigenvalue weighted by Crippen LogP contribution is 2.22. The molecule has 5 heteroatoms. The van der Waals surface area contributed by atoms with E-state index in [2.05, 4.69) is 4.90 Å². The number of thioether (sulfide) groups is 1. The Balaban J connectivity index is 1.72. The van der Waals surface area contributed by atoms with E-state index in [0.29, 0.717) is 4.90 Å². The number of amides is 1. The summed E-state index contributed by atoms with van der Waals surface area (Å²) < 4.78 is 13.5. The summed E-state index contributed by atoms with van der Waals surface area (Å²) in [6, 6.07) is 6.90.